The standard InChI is InChI=1S/C6H7ClF2N2/c1-3-4(7)5(6(8)9)10-11(3)2/h6H,1-2H3. The van der Waals surface area contributed by atoms with Gasteiger partial charge < -0.3 is 0 Å². The Balaban J connectivity index is 3.19. The number of aromatic nitrogens is 2. The molecular weight excluding hydrogens is 174 g/mol. The van der Waals surface area contributed by atoms with E-state index in [1.165, 1.54) is 4.68 Å². The lowest BCUT2D eigenvalue weighted by atomic mass is 10.4. The van der Waals surface area contributed by atoms with Gasteiger partial charge in [0.2, 0.25) is 0 Å². The molecule has 0 saturated carbocycles. The van der Waals surface area contributed by atoms with Crippen molar-refractivity contribution in [1.29, 1.82) is 0 Å². The van der Waals surface area contributed by atoms with E-state index >= 15 is 0 Å². The Morgan fingerprint density at radius 1 is 1.55 bits per heavy atom. The Labute approximate surface area is 67.8 Å². The van der Waals surface area contributed by atoms with Crippen LogP contribution in [0.15, 0.2) is 0 Å². The molecule has 0 N–H and O–H groups in total. The number of alkyl halides is 2. The minimum Gasteiger partial charge on any atom is -0.271 e. The van der Waals surface area contributed by atoms with E-state index in [0.29, 0.717) is 5.69 Å². The minimum atomic E-state index is -2.60. The van der Waals surface area contributed by atoms with Crippen LogP contribution in [0.1, 0.15) is 17.8 Å². The highest BCUT2D eigenvalue weighted by Crippen LogP contribution is 2.27. The molecule has 0 unspecified atom stereocenters. The zero-order valence-corrected chi connectivity index (χ0v) is 6.86. The predicted molar refractivity (Wildman–Crippen MR) is 37.9 cm³/mol. The lowest BCUT2D eigenvalue weighted by molar-refractivity contribution is 0.145. The minimum absolute atomic E-state index is 0.0579. The van der Waals surface area contributed by atoms with Crippen molar-refractivity contribution in [3.8, 4) is 0 Å². The van der Waals surface area contributed by atoms with Gasteiger partial charge in [-0.1, -0.05) is 11.6 Å². The molecule has 1 aromatic rings. The second-order valence-corrected chi connectivity index (χ2v) is 2.59. The van der Waals surface area contributed by atoms with Crippen LogP contribution in [-0.4, -0.2) is 9.78 Å². The van der Waals surface area contributed by atoms with Crippen LogP contribution < -0.4 is 0 Å². The summed E-state index contributed by atoms with van der Waals surface area (Å²) in [4.78, 5) is 0. The molecule has 0 bridgehead atoms. The number of rotatable bonds is 1. The Kier molecular flexibility index (Phi) is 2.13. The van der Waals surface area contributed by atoms with Crippen LogP contribution in [-0.2, 0) is 7.05 Å². The molecule has 0 saturated heterocycles. The predicted octanol–water partition coefficient (Wildman–Crippen LogP) is 2.32. The lowest BCUT2D eigenvalue weighted by Gasteiger charge is -1.90. The summed E-state index contributed by atoms with van der Waals surface area (Å²) >= 11 is 5.55. The van der Waals surface area contributed by atoms with Gasteiger partial charge in [0.05, 0.1) is 10.7 Å². The molecule has 0 radical (unpaired) electrons. The van der Waals surface area contributed by atoms with Gasteiger partial charge in [0.1, 0.15) is 5.69 Å². The third-order valence-corrected chi connectivity index (χ3v) is 1.96. The molecule has 0 amide bonds. The quantitative estimate of drug-likeness (QED) is 0.649. The summed E-state index contributed by atoms with van der Waals surface area (Å²) < 4.78 is 25.5. The highest BCUT2D eigenvalue weighted by molar-refractivity contribution is 6.31. The Bertz CT molecular complexity index is 270. The van der Waals surface area contributed by atoms with Crippen LogP contribution in [0, 0.1) is 6.92 Å². The van der Waals surface area contributed by atoms with E-state index in [1.807, 2.05) is 0 Å². The SMILES string of the molecule is Cc1c(Cl)c(C(F)F)nn1C. The first-order valence-corrected chi connectivity index (χ1v) is 3.39. The smallest absolute Gasteiger partial charge is 0.271 e. The van der Waals surface area contributed by atoms with E-state index in [0.717, 1.165) is 0 Å². The summed E-state index contributed by atoms with van der Waals surface area (Å²) in [5, 5.41) is 3.60. The first-order chi connectivity index (χ1) is 5.04. The summed E-state index contributed by atoms with van der Waals surface area (Å²) in [6.45, 7) is 1.64. The molecule has 0 aliphatic carbocycles. The zero-order valence-electron chi connectivity index (χ0n) is 6.11. The third-order valence-electron chi connectivity index (χ3n) is 1.49. The highest BCUT2D eigenvalue weighted by atomic mass is 35.5. The molecule has 0 spiro atoms. The van der Waals surface area contributed by atoms with Gasteiger partial charge in [-0.2, -0.15) is 5.10 Å². The molecule has 2 nitrogen and oxygen atoms in total. The zero-order chi connectivity index (χ0) is 8.59. The van der Waals surface area contributed by atoms with E-state index in [4.69, 9.17) is 11.6 Å². The number of aryl methyl sites for hydroxylation is 1. The number of hydrogen-bond acceptors (Lipinski definition) is 1. The Morgan fingerprint density at radius 2 is 2.09 bits per heavy atom. The molecule has 1 aromatic heterocycles. The largest absolute Gasteiger partial charge is 0.283 e. The van der Waals surface area contributed by atoms with Crippen molar-refractivity contribution in [2.75, 3.05) is 0 Å². The number of hydrogen-bond donors (Lipinski definition) is 0. The fraction of sp³-hybridized carbons (Fsp3) is 0.500. The van der Waals surface area contributed by atoms with Gasteiger partial charge >= 0.3 is 0 Å². The fourth-order valence-electron chi connectivity index (χ4n) is 0.747. The van der Waals surface area contributed by atoms with Crippen molar-refractivity contribution in [1.82, 2.24) is 9.78 Å². The van der Waals surface area contributed by atoms with Crippen molar-refractivity contribution in [3.63, 3.8) is 0 Å². The van der Waals surface area contributed by atoms with Gasteiger partial charge in [-0.25, -0.2) is 8.78 Å². The number of nitrogens with zero attached hydrogens (tertiary/aromatic N) is 2. The second kappa shape index (κ2) is 2.77. The van der Waals surface area contributed by atoms with Crippen LogP contribution in [0.25, 0.3) is 0 Å². The van der Waals surface area contributed by atoms with Crippen LogP contribution in [0.3, 0.4) is 0 Å². The van der Waals surface area contributed by atoms with Crippen molar-refractivity contribution < 1.29 is 8.78 Å². The summed E-state index contributed by atoms with van der Waals surface area (Å²) in [5.41, 5.74) is 0.216. The summed E-state index contributed by atoms with van der Waals surface area (Å²) in [6, 6.07) is 0. The molecule has 0 aromatic carbocycles. The Morgan fingerprint density at radius 3 is 2.27 bits per heavy atom. The summed E-state index contributed by atoms with van der Waals surface area (Å²) in [6.07, 6.45) is -2.60. The first-order valence-electron chi connectivity index (χ1n) is 3.01. The molecule has 0 atom stereocenters. The van der Waals surface area contributed by atoms with Gasteiger partial charge in [-0.15, -0.1) is 0 Å². The first kappa shape index (κ1) is 8.46. The maximum atomic E-state index is 12.1. The number of halogens is 3. The van der Waals surface area contributed by atoms with Crippen LogP contribution in [0.5, 0.6) is 0 Å². The average molecular weight is 181 g/mol. The van der Waals surface area contributed by atoms with E-state index in [9.17, 15) is 8.78 Å². The maximum absolute atomic E-state index is 12.1. The monoisotopic (exact) mass is 180 g/mol. The lowest BCUT2D eigenvalue weighted by Crippen LogP contribution is -1.93. The molecule has 62 valence electrons. The molecular formula is C6H7ClF2N2. The average Bonchev–Trinajstić information content (AvgIpc) is 2.17. The van der Waals surface area contributed by atoms with E-state index < -0.39 is 6.43 Å². The van der Waals surface area contributed by atoms with Gasteiger partial charge in [-0.3, -0.25) is 4.68 Å². The van der Waals surface area contributed by atoms with Crippen LogP contribution in [0.2, 0.25) is 5.02 Å². The normalized spacial score (nSPS) is 11.1. The van der Waals surface area contributed by atoms with Crippen molar-refractivity contribution in [2.24, 2.45) is 7.05 Å². The fourth-order valence-corrected chi connectivity index (χ4v) is 0.990. The molecule has 1 heterocycles. The topological polar surface area (TPSA) is 17.8 Å². The molecule has 0 fully saturated rings. The van der Waals surface area contributed by atoms with Crippen LogP contribution in [0.4, 0.5) is 8.78 Å². The van der Waals surface area contributed by atoms with E-state index in [2.05, 4.69) is 5.10 Å². The van der Waals surface area contributed by atoms with Gasteiger partial charge in [0, 0.05) is 7.05 Å². The highest BCUT2D eigenvalue weighted by Gasteiger charge is 2.18. The van der Waals surface area contributed by atoms with Crippen molar-refractivity contribution in [2.45, 2.75) is 13.3 Å². The third kappa shape index (κ3) is 1.35. The molecule has 1 rings (SSSR count). The van der Waals surface area contributed by atoms with E-state index in [-0.39, 0.29) is 10.7 Å². The van der Waals surface area contributed by atoms with E-state index in [1.54, 1.807) is 14.0 Å². The van der Waals surface area contributed by atoms with Gasteiger partial charge in [-0.05, 0) is 6.92 Å². The van der Waals surface area contributed by atoms with Gasteiger partial charge in [0.15, 0.2) is 0 Å². The summed E-state index contributed by atoms with van der Waals surface area (Å²) in [7, 11) is 1.58. The molecule has 11 heavy (non-hydrogen) atoms. The van der Waals surface area contributed by atoms with Crippen molar-refractivity contribution in [3.05, 3.63) is 16.4 Å². The van der Waals surface area contributed by atoms with Gasteiger partial charge in [0.25, 0.3) is 6.43 Å². The summed E-state index contributed by atoms with van der Waals surface area (Å²) in [5.74, 6) is 0. The molecule has 0 aliphatic rings. The molecule has 5 heteroatoms. The van der Waals surface area contributed by atoms with Crippen LogP contribution >= 0.6 is 11.6 Å². The Hall–Kier alpha value is -0.640. The second-order valence-electron chi connectivity index (χ2n) is 2.21. The molecule has 0 aliphatic heterocycles. The van der Waals surface area contributed by atoms with Crippen molar-refractivity contribution >= 4 is 11.6 Å². The maximum Gasteiger partial charge on any atom is 0.283 e.